The summed E-state index contributed by atoms with van der Waals surface area (Å²) in [7, 11) is 0. The van der Waals surface area contributed by atoms with Gasteiger partial charge in [-0.2, -0.15) is 0 Å². The summed E-state index contributed by atoms with van der Waals surface area (Å²) < 4.78 is 14.9. The molecule has 0 spiro atoms. The quantitative estimate of drug-likeness (QED) is 0.410. The second kappa shape index (κ2) is 7.58. The second-order valence-corrected chi connectivity index (χ2v) is 8.11. The number of aromatic nitrogens is 1. The Kier molecular flexibility index (Phi) is 4.74. The van der Waals surface area contributed by atoms with Gasteiger partial charge >= 0.3 is 6.03 Å². The van der Waals surface area contributed by atoms with Crippen molar-refractivity contribution in [1.29, 1.82) is 0 Å². The summed E-state index contributed by atoms with van der Waals surface area (Å²) in [5, 5.41) is 4.19. The minimum Gasteiger partial charge on any atom is -0.356 e. The van der Waals surface area contributed by atoms with Crippen LogP contribution in [0, 0.1) is 19.7 Å². The number of nitrogens with one attached hydrogen (secondary N) is 2. The number of benzene rings is 3. The predicted molar refractivity (Wildman–Crippen MR) is 122 cm³/mol. The fourth-order valence-corrected chi connectivity index (χ4v) is 4.55. The van der Waals surface area contributed by atoms with E-state index in [0.29, 0.717) is 18.5 Å². The Labute approximate surface area is 180 Å². The molecule has 1 atom stereocenters. The Morgan fingerprint density at radius 1 is 1.03 bits per heavy atom. The maximum atomic E-state index is 14.9. The Morgan fingerprint density at radius 2 is 1.81 bits per heavy atom. The second-order valence-electron chi connectivity index (χ2n) is 8.11. The Balaban J connectivity index is 1.60. The number of urea groups is 1. The van der Waals surface area contributed by atoms with Crippen LogP contribution in [0.25, 0.3) is 10.9 Å². The normalized spacial score (nSPS) is 15.7. The molecule has 2 amide bonds. The van der Waals surface area contributed by atoms with Crippen molar-refractivity contribution >= 4 is 22.6 Å². The molecule has 5 rings (SSSR count). The van der Waals surface area contributed by atoms with Gasteiger partial charge in [-0.25, -0.2) is 9.18 Å². The molecule has 0 aliphatic carbocycles. The number of anilines is 1. The number of fused-ring (bicyclic) bond motifs is 3. The molecule has 0 bridgehead atoms. The van der Waals surface area contributed by atoms with Crippen LogP contribution in [0.5, 0.6) is 0 Å². The maximum absolute atomic E-state index is 14.9. The number of H-pyrrole nitrogens is 1. The molecule has 1 aromatic heterocycles. The summed E-state index contributed by atoms with van der Waals surface area (Å²) >= 11 is 0. The zero-order valence-electron chi connectivity index (χ0n) is 17.6. The highest BCUT2D eigenvalue weighted by molar-refractivity contribution is 5.92. The summed E-state index contributed by atoms with van der Waals surface area (Å²) in [5.74, 6) is -0.316. The first-order valence-electron chi connectivity index (χ1n) is 10.5. The highest BCUT2D eigenvalue weighted by atomic mass is 19.1. The first-order valence-corrected chi connectivity index (χ1v) is 10.5. The van der Waals surface area contributed by atoms with E-state index in [1.54, 1.807) is 17.0 Å². The van der Waals surface area contributed by atoms with Crippen molar-refractivity contribution < 1.29 is 9.18 Å². The van der Waals surface area contributed by atoms with E-state index in [4.69, 9.17) is 0 Å². The average molecular weight is 413 g/mol. The molecular formula is C26H24FN3O. The molecule has 2 N–H and O–H groups in total. The predicted octanol–water partition coefficient (Wildman–Crippen LogP) is 6.10. The van der Waals surface area contributed by atoms with E-state index in [2.05, 4.69) is 16.4 Å². The van der Waals surface area contributed by atoms with Gasteiger partial charge < -0.3 is 15.2 Å². The molecule has 3 aromatic carbocycles. The summed E-state index contributed by atoms with van der Waals surface area (Å²) in [6, 6.07) is 19.9. The van der Waals surface area contributed by atoms with Gasteiger partial charge in [0.1, 0.15) is 11.9 Å². The van der Waals surface area contributed by atoms with Crippen LogP contribution in [0.15, 0.2) is 66.7 Å². The van der Waals surface area contributed by atoms with Crippen molar-refractivity contribution in [2.24, 2.45) is 0 Å². The molecule has 0 radical (unpaired) electrons. The molecule has 4 nitrogen and oxygen atoms in total. The molecule has 156 valence electrons. The van der Waals surface area contributed by atoms with Gasteiger partial charge in [-0.05, 0) is 55.2 Å². The minimum absolute atomic E-state index is 0.230. The van der Waals surface area contributed by atoms with Gasteiger partial charge in [0.2, 0.25) is 0 Å². The van der Waals surface area contributed by atoms with Gasteiger partial charge in [0, 0.05) is 34.4 Å². The lowest BCUT2D eigenvalue weighted by Gasteiger charge is -2.36. The van der Waals surface area contributed by atoms with Crippen molar-refractivity contribution in [2.45, 2.75) is 26.3 Å². The van der Waals surface area contributed by atoms with E-state index in [9.17, 15) is 9.18 Å². The monoisotopic (exact) mass is 413 g/mol. The molecule has 31 heavy (non-hydrogen) atoms. The van der Waals surface area contributed by atoms with Crippen LogP contribution >= 0.6 is 0 Å². The third kappa shape index (κ3) is 3.26. The van der Waals surface area contributed by atoms with Gasteiger partial charge in [-0.15, -0.1) is 0 Å². The van der Waals surface area contributed by atoms with Crippen LogP contribution < -0.4 is 5.32 Å². The van der Waals surface area contributed by atoms with Crippen molar-refractivity contribution in [1.82, 2.24) is 9.88 Å². The molecule has 4 aromatic rings. The van der Waals surface area contributed by atoms with Crippen LogP contribution in [0.2, 0.25) is 0 Å². The largest absolute Gasteiger partial charge is 0.356 e. The zero-order valence-corrected chi connectivity index (χ0v) is 17.6. The maximum Gasteiger partial charge on any atom is 0.322 e. The lowest BCUT2D eigenvalue weighted by molar-refractivity contribution is 0.192. The van der Waals surface area contributed by atoms with Gasteiger partial charge in [0.05, 0.1) is 0 Å². The van der Waals surface area contributed by atoms with E-state index >= 15 is 0 Å². The molecule has 5 heteroatoms. The molecule has 1 aliphatic rings. The van der Waals surface area contributed by atoms with Crippen molar-refractivity contribution in [3.63, 3.8) is 0 Å². The van der Waals surface area contributed by atoms with Gasteiger partial charge in [0.15, 0.2) is 0 Å². The SMILES string of the molecule is Cc1cccc(NC(=O)N2CCc3c([nH]c4ccccc34)[C@@H]2c2ccccc2F)c1C. The highest BCUT2D eigenvalue weighted by Gasteiger charge is 2.36. The van der Waals surface area contributed by atoms with E-state index in [-0.39, 0.29) is 11.8 Å². The van der Waals surface area contributed by atoms with Crippen molar-refractivity contribution in [3.8, 4) is 0 Å². The number of halogens is 1. The molecule has 0 saturated carbocycles. The number of aromatic amines is 1. The Hall–Kier alpha value is -3.60. The van der Waals surface area contributed by atoms with Crippen LogP contribution in [0.3, 0.4) is 0 Å². The average Bonchev–Trinajstić information content (AvgIpc) is 3.15. The molecule has 2 heterocycles. The van der Waals surface area contributed by atoms with E-state index in [0.717, 1.165) is 39.0 Å². The van der Waals surface area contributed by atoms with Gasteiger partial charge in [-0.1, -0.05) is 48.5 Å². The Bertz CT molecular complexity index is 1290. The van der Waals surface area contributed by atoms with Crippen molar-refractivity contribution in [3.05, 3.63) is 100 Å². The summed E-state index contributed by atoms with van der Waals surface area (Å²) in [6.45, 7) is 4.51. The number of carbonyl (C=O) groups is 1. The van der Waals surface area contributed by atoms with Crippen LogP contribution in [0.4, 0.5) is 14.9 Å². The number of aryl methyl sites for hydroxylation is 1. The van der Waals surface area contributed by atoms with Crippen molar-refractivity contribution in [2.75, 3.05) is 11.9 Å². The third-order valence-corrected chi connectivity index (χ3v) is 6.34. The van der Waals surface area contributed by atoms with E-state index < -0.39 is 6.04 Å². The van der Waals surface area contributed by atoms with Gasteiger partial charge in [0.25, 0.3) is 0 Å². The molecule has 0 fully saturated rings. The molecule has 1 aliphatic heterocycles. The number of amides is 2. The first kappa shape index (κ1) is 19.4. The fourth-order valence-electron chi connectivity index (χ4n) is 4.55. The lowest BCUT2D eigenvalue weighted by atomic mass is 9.92. The summed E-state index contributed by atoms with van der Waals surface area (Å²) in [4.78, 5) is 18.6. The van der Waals surface area contributed by atoms with Crippen LogP contribution in [-0.2, 0) is 6.42 Å². The first-order chi connectivity index (χ1) is 15.0. The number of para-hydroxylation sites is 1. The van der Waals surface area contributed by atoms with E-state index in [1.165, 1.54) is 6.07 Å². The Morgan fingerprint density at radius 3 is 2.65 bits per heavy atom. The minimum atomic E-state index is -0.525. The molecular weight excluding hydrogens is 389 g/mol. The third-order valence-electron chi connectivity index (χ3n) is 6.34. The van der Waals surface area contributed by atoms with Gasteiger partial charge in [-0.3, -0.25) is 0 Å². The smallest absolute Gasteiger partial charge is 0.322 e. The number of hydrogen-bond donors (Lipinski definition) is 2. The lowest BCUT2D eigenvalue weighted by Crippen LogP contribution is -2.43. The molecule has 0 unspecified atom stereocenters. The number of carbonyl (C=O) groups excluding carboxylic acids is 1. The summed E-state index contributed by atoms with van der Waals surface area (Å²) in [6.07, 6.45) is 0.713. The topological polar surface area (TPSA) is 48.1 Å². The van der Waals surface area contributed by atoms with Crippen LogP contribution in [0.1, 0.15) is 34.0 Å². The zero-order chi connectivity index (χ0) is 21.5. The molecule has 0 saturated heterocycles. The number of rotatable bonds is 2. The number of hydrogen-bond acceptors (Lipinski definition) is 1. The summed E-state index contributed by atoms with van der Waals surface area (Å²) in [5.41, 5.74) is 6.45. The van der Waals surface area contributed by atoms with Crippen LogP contribution in [-0.4, -0.2) is 22.5 Å². The fraction of sp³-hybridized carbons (Fsp3) is 0.192. The standard InChI is InChI=1S/C26H24FN3O/c1-16-8-7-13-22(17(16)2)29-26(31)30-15-14-19-18-9-4-6-12-23(18)28-24(19)25(30)20-10-3-5-11-21(20)27/h3-13,25,28H,14-15H2,1-2H3,(H,29,31)/t25-/m0/s1. The number of nitrogens with zero attached hydrogens (tertiary/aromatic N) is 1. The van der Waals surface area contributed by atoms with E-state index in [1.807, 2.05) is 56.3 Å². The highest BCUT2D eigenvalue weighted by Crippen LogP contribution is 2.39.